The van der Waals surface area contributed by atoms with Crippen molar-refractivity contribution in [1.29, 1.82) is 0 Å². The van der Waals surface area contributed by atoms with E-state index in [-0.39, 0.29) is 0 Å². The smallest absolute Gasteiger partial charge is 0.185 e. The number of hydrogen-bond donors (Lipinski definition) is 0. The molecule has 0 radical (unpaired) electrons. The van der Waals surface area contributed by atoms with Crippen molar-refractivity contribution in [2.24, 2.45) is 0 Å². The van der Waals surface area contributed by atoms with Crippen LogP contribution in [-0.2, 0) is 0 Å². The lowest BCUT2D eigenvalue weighted by atomic mass is 10.1. The highest BCUT2D eigenvalue weighted by atomic mass is 16.3. The summed E-state index contributed by atoms with van der Waals surface area (Å²) in [4.78, 5) is 10.4. The maximum absolute atomic E-state index is 10.4. The molecule has 0 bridgehead atoms. The number of aryl methyl sites for hydroxylation is 1. The minimum Gasteiger partial charge on any atom is -0.445 e. The minimum atomic E-state index is 0.300. The van der Waals surface area contributed by atoms with Crippen LogP contribution in [0, 0.1) is 18.8 Å². The lowest BCUT2D eigenvalue weighted by Crippen LogP contribution is -1.79. The van der Waals surface area contributed by atoms with Gasteiger partial charge in [-0.3, -0.25) is 4.79 Å². The molecule has 0 N–H and O–H groups in total. The lowest BCUT2D eigenvalue weighted by molar-refractivity contribution is 0.110. The van der Waals surface area contributed by atoms with Crippen LogP contribution in [0.3, 0.4) is 0 Å². The zero-order chi connectivity index (χ0) is 11.4. The summed E-state index contributed by atoms with van der Waals surface area (Å²) in [6, 6.07) is 11.2. The van der Waals surface area contributed by atoms with Crippen LogP contribution in [0.1, 0.15) is 27.4 Å². The summed E-state index contributed by atoms with van der Waals surface area (Å²) < 4.78 is 5.15. The van der Waals surface area contributed by atoms with E-state index in [1.165, 1.54) is 0 Å². The van der Waals surface area contributed by atoms with Gasteiger partial charge in [0.25, 0.3) is 0 Å². The van der Waals surface area contributed by atoms with Gasteiger partial charge in [-0.15, -0.1) is 0 Å². The molecule has 0 fully saturated rings. The summed E-state index contributed by atoms with van der Waals surface area (Å²) >= 11 is 0. The van der Waals surface area contributed by atoms with Crippen molar-refractivity contribution in [3.63, 3.8) is 0 Å². The number of furan rings is 1. The molecule has 2 aromatic rings. The molecule has 0 spiro atoms. The molecule has 2 heteroatoms. The molecular formula is C14H10O2. The molecular weight excluding hydrogens is 200 g/mol. The molecule has 0 unspecified atom stereocenters. The van der Waals surface area contributed by atoms with E-state index < -0.39 is 0 Å². The first-order valence-electron chi connectivity index (χ1n) is 4.92. The number of carbonyl (C=O) groups excluding carboxylic acids is 1. The molecule has 0 amide bonds. The Kier molecular flexibility index (Phi) is 2.88. The summed E-state index contributed by atoms with van der Waals surface area (Å²) in [6.45, 7) is 2.00. The third-order valence-corrected chi connectivity index (χ3v) is 2.21. The number of benzene rings is 1. The van der Waals surface area contributed by atoms with E-state index >= 15 is 0 Å². The SMILES string of the molecule is Cc1ccccc1C#Cc1ccc(C=O)o1. The van der Waals surface area contributed by atoms with E-state index in [0.717, 1.165) is 11.1 Å². The van der Waals surface area contributed by atoms with Crippen molar-refractivity contribution in [3.8, 4) is 11.8 Å². The van der Waals surface area contributed by atoms with E-state index in [9.17, 15) is 4.79 Å². The Hall–Kier alpha value is -2.27. The van der Waals surface area contributed by atoms with Gasteiger partial charge < -0.3 is 4.42 Å². The zero-order valence-electron chi connectivity index (χ0n) is 8.86. The monoisotopic (exact) mass is 210 g/mol. The summed E-state index contributed by atoms with van der Waals surface area (Å²) in [6.07, 6.45) is 0.666. The molecule has 78 valence electrons. The number of aldehydes is 1. The summed E-state index contributed by atoms with van der Waals surface area (Å²) in [5.74, 6) is 6.69. The van der Waals surface area contributed by atoms with Gasteiger partial charge in [-0.25, -0.2) is 0 Å². The summed E-state index contributed by atoms with van der Waals surface area (Å²) in [5, 5.41) is 0. The number of hydrogen-bond acceptors (Lipinski definition) is 2. The van der Waals surface area contributed by atoms with E-state index in [1.807, 2.05) is 31.2 Å². The standard InChI is InChI=1S/C14H10O2/c1-11-4-2-3-5-12(11)6-7-13-8-9-14(10-15)16-13/h2-5,8-10H,1H3. The molecule has 0 aliphatic rings. The maximum atomic E-state index is 10.4. The third-order valence-electron chi connectivity index (χ3n) is 2.21. The van der Waals surface area contributed by atoms with E-state index in [2.05, 4.69) is 11.8 Å². The van der Waals surface area contributed by atoms with Gasteiger partial charge in [0.1, 0.15) is 0 Å². The molecule has 0 saturated carbocycles. The van der Waals surface area contributed by atoms with Crippen molar-refractivity contribution >= 4 is 6.29 Å². The summed E-state index contributed by atoms with van der Waals surface area (Å²) in [5.41, 5.74) is 2.09. The lowest BCUT2D eigenvalue weighted by Gasteiger charge is -1.94. The first-order valence-corrected chi connectivity index (χ1v) is 4.92. The fourth-order valence-corrected chi connectivity index (χ4v) is 1.33. The molecule has 2 nitrogen and oxygen atoms in total. The second kappa shape index (κ2) is 4.50. The quantitative estimate of drug-likeness (QED) is 0.535. The van der Waals surface area contributed by atoms with Gasteiger partial charge in [0.15, 0.2) is 17.8 Å². The van der Waals surface area contributed by atoms with Crippen molar-refractivity contribution in [2.45, 2.75) is 6.92 Å². The molecule has 0 atom stereocenters. The predicted molar refractivity (Wildman–Crippen MR) is 61.3 cm³/mol. The highest BCUT2D eigenvalue weighted by Gasteiger charge is 1.96. The molecule has 1 heterocycles. The molecule has 1 aromatic heterocycles. The van der Waals surface area contributed by atoms with Crippen LogP contribution in [0.25, 0.3) is 0 Å². The van der Waals surface area contributed by atoms with Crippen LogP contribution in [0.5, 0.6) is 0 Å². The van der Waals surface area contributed by atoms with Crippen LogP contribution in [0.15, 0.2) is 40.8 Å². The average Bonchev–Trinajstić information content (AvgIpc) is 2.76. The topological polar surface area (TPSA) is 30.2 Å². The number of rotatable bonds is 1. The van der Waals surface area contributed by atoms with Gasteiger partial charge in [0.2, 0.25) is 0 Å². The second-order valence-electron chi connectivity index (χ2n) is 3.38. The van der Waals surface area contributed by atoms with Gasteiger partial charge in [-0.05, 0) is 36.6 Å². The van der Waals surface area contributed by atoms with Crippen LogP contribution in [0.2, 0.25) is 0 Å². The van der Waals surface area contributed by atoms with Gasteiger partial charge in [-0.2, -0.15) is 0 Å². The zero-order valence-corrected chi connectivity index (χ0v) is 8.86. The first-order chi connectivity index (χ1) is 7.79. The average molecular weight is 210 g/mol. The Bertz CT molecular complexity index is 568. The van der Waals surface area contributed by atoms with Crippen LogP contribution < -0.4 is 0 Å². The summed E-state index contributed by atoms with van der Waals surface area (Å²) in [7, 11) is 0. The van der Waals surface area contributed by atoms with Gasteiger partial charge in [-0.1, -0.05) is 24.1 Å². The molecule has 0 aliphatic carbocycles. The Morgan fingerprint density at radius 1 is 1.12 bits per heavy atom. The van der Waals surface area contributed by atoms with Crippen molar-refractivity contribution in [2.75, 3.05) is 0 Å². The van der Waals surface area contributed by atoms with Crippen molar-refractivity contribution in [3.05, 3.63) is 59.0 Å². The van der Waals surface area contributed by atoms with E-state index in [1.54, 1.807) is 12.1 Å². The maximum Gasteiger partial charge on any atom is 0.185 e. The molecule has 1 aromatic carbocycles. The van der Waals surface area contributed by atoms with E-state index in [0.29, 0.717) is 17.8 Å². The van der Waals surface area contributed by atoms with Crippen molar-refractivity contribution in [1.82, 2.24) is 0 Å². The second-order valence-corrected chi connectivity index (χ2v) is 3.38. The fourth-order valence-electron chi connectivity index (χ4n) is 1.33. The minimum absolute atomic E-state index is 0.300. The van der Waals surface area contributed by atoms with Gasteiger partial charge in [0.05, 0.1) is 0 Å². The predicted octanol–water partition coefficient (Wildman–Crippen LogP) is 2.80. The Labute approximate surface area is 93.9 Å². The normalized spacial score (nSPS) is 9.31. The Balaban J connectivity index is 2.28. The van der Waals surface area contributed by atoms with Crippen LogP contribution in [0.4, 0.5) is 0 Å². The van der Waals surface area contributed by atoms with Gasteiger partial charge >= 0.3 is 0 Å². The van der Waals surface area contributed by atoms with E-state index in [4.69, 9.17) is 4.42 Å². The Morgan fingerprint density at radius 2 is 1.94 bits per heavy atom. The Morgan fingerprint density at radius 3 is 2.62 bits per heavy atom. The highest BCUT2D eigenvalue weighted by molar-refractivity contribution is 5.70. The highest BCUT2D eigenvalue weighted by Crippen LogP contribution is 2.07. The molecule has 0 aliphatic heterocycles. The molecule has 0 saturated heterocycles. The molecule has 16 heavy (non-hydrogen) atoms. The first kappa shape index (κ1) is 10.3. The largest absolute Gasteiger partial charge is 0.445 e. The third kappa shape index (κ3) is 2.21. The number of carbonyl (C=O) groups is 1. The van der Waals surface area contributed by atoms with Crippen molar-refractivity contribution < 1.29 is 9.21 Å². The van der Waals surface area contributed by atoms with Crippen LogP contribution >= 0.6 is 0 Å². The fraction of sp³-hybridized carbons (Fsp3) is 0.0714. The van der Waals surface area contributed by atoms with Gasteiger partial charge in [0, 0.05) is 5.56 Å². The molecule has 2 rings (SSSR count). The van der Waals surface area contributed by atoms with Crippen LogP contribution in [-0.4, -0.2) is 6.29 Å².